The molecule has 30 heavy (non-hydrogen) atoms. The lowest BCUT2D eigenvalue weighted by atomic mass is 9.82. The van der Waals surface area contributed by atoms with Crippen LogP contribution in [0.3, 0.4) is 0 Å². The number of ketones is 3. The molecule has 2 aliphatic rings. The van der Waals surface area contributed by atoms with Crippen LogP contribution in [0.15, 0.2) is 65.7 Å². The van der Waals surface area contributed by atoms with Gasteiger partial charge in [-0.2, -0.15) is 0 Å². The van der Waals surface area contributed by atoms with Crippen LogP contribution in [0.4, 0.5) is 5.69 Å². The first-order valence-corrected chi connectivity index (χ1v) is 10.1. The maximum atomic E-state index is 13.2. The Bertz CT molecular complexity index is 1510. The second-order valence-corrected chi connectivity index (χ2v) is 8.20. The summed E-state index contributed by atoms with van der Waals surface area (Å²) in [5.74, 6) is -1.02. The zero-order valence-electron chi connectivity index (χ0n) is 15.3. The molecule has 4 aromatic rings. The Morgan fingerprint density at radius 1 is 0.700 bits per heavy atom. The summed E-state index contributed by atoms with van der Waals surface area (Å²) < 4.78 is 0.619. The van der Waals surface area contributed by atoms with E-state index in [4.69, 9.17) is 0 Å². The largest absolute Gasteiger partial charge is 0.506 e. The maximum Gasteiger partial charge on any atom is 0.215 e. The number of Topliss-reactive ketones (excluding diaryl/α,β-unsaturated/α-hetero) is 1. The van der Waals surface area contributed by atoms with Crippen molar-refractivity contribution >= 4 is 50.2 Å². The van der Waals surface area contributed by atoms with E-state index in [0.717, 1.165) is 0 Å². The monoisotopic (exact) mass is 409 g/mol. The first-order chi connectivity index (χ1) is 14.6. The molecule has 1 aromatic heterocycles. The fraction of sp³-hybridized carbons (Fsp3) is 0. The Kier molecular flexibility index (Phi) is 3.29. The van der Waals surface area contributed by atoms with Crippen molar-refractivity contribution < 1.29 is 19.5 Å². The van der Waals surface area contributed by atoms with Crippen LogP contribution >= 0.6 is 11.3 Å². The van der Waals surface area contributed by atoms with E-state index in [9.17, 15) is 19.5 Å². The molecule has 6 heteroatoms. The van der Waals surface area contributed by atoms with E-state index in [1.54, 1.807) is 60.7 Å². The van der Waals surface area contributed by atoms with Crippen LogP contribution in [0.5, 0.6) is 5.75 Å². The van der Waals surface area contributed by atoms with Crippen molar-refractivity contribution in [1.82, 2.24) is 0 Å². The van der Waals surface area contributed by atoms with Crippen LogP contribution in [0.1, 0.15) is 47.1 Å². The van der Waals surface area contributed by atoms with Gasteiger partial charge in [0.15, 0.2) is 11.6 Å². The molecule has 0 amide bonds. The van der Waals surface area contributed by atoms with Crippen molar-refractivity contribution in [2.24, 2.45) is 4.99 Å². The van der Waals surface area contributed by atoms with E-state index >= 15 is 0 Å². The number of hydrogen-bond donors (Lipinski definition) is 1. The molecule has 1 aliphatic heterocycles. The first kappa shape index (κ1) is 17.0. The topological polar surface area (TPSA) is 83.8 Å². The van der Waals surface area contributed by atoms with Crippen LogP contribution in [0, 0.1) is 0 Å². The molecule has 6 rings (SSSR count). The van der Waals surface area contributed by atoms with E-state index in [2.05, 4.69) is 4.99 Å². The predicted molar refractivity (Wildman–Crippen MR) is 114 cm³/mol. The number of aromatic hydroxyl groups is 1. The van der Waals surface area contributed by atoms with Crippen LogP contribution in [0.2, 0.25) is 0 Å². The Morgan fingerprint density at radius 2 is 1.37 bits per heavy atom. The molecule has 3 aromatic carbocycles. The van der Waals surface area contributed by atoms with Crippen molar-refractivity contribution in [3.8, 4) is 5.75 Å². The number of aliphatic imine (C=N–C) groups is 1. The molecule has 0 spiro atoms. The second-order valence-electron chi connectivity index (χ2n) is 7.15. The molecule has 142 valence electrons. The summed E-state index contributed by atoms with van der Waals surface area (Å²) in [7, 11) is 0. The number of benzene rings is 3. The minimum absolute atomic E-state index is 0.152. The smallest absolute Gasteiger partial charge is 0.215 e. The highest BCUT2D eigenvalue weighted by Crippen LogP contribution is 2.45. The molecule has 0 fully saturated rings. The molecule has 1 N–H and O–H groups in total. The standard InChI is InChI=1S/C24H11NO4S/c26-20-11-5-1-2-6-12(11)21(27)17-14(20)9-10-16-18(17)23(29)24(30-16)19-22(28)13-7-3-4-8-15(13)25-19/h1-10,29H. The summed E-state index contributed by atoms with van der Waals surface area (Å²) >= 11 is 1.19. The van der Waals surface area contributed by atoms with Gasteiger partial charge in [0.25, 0.3) is 0 Å². The Balaban J connectivity index is 1.61. The van der Waals surface area contributed by atoms with E-state index in [1.165, 1.54) is 11.3 Å². The van der Waals surface area contributed by atoms with Gasteiger partial charge in [0, 0.05) is 37.9 Å². The van der Waals surface area contributed by atoms with Crippen molar-refractivity contribution in [2.45, 2.75) is 0 Å². The van der Waals surface area contributed by atoms with Gasteiger partial charge in [-0.05, 0) is 24.3 Å². The third-order valence-corrected chi connectivity index (χ3v) is 6.68. The average molecular weight is 409 g/mol. The number of nitrogens with zero attached hydrogens (tertiary/aromatic N) is 1. The van der Waals surface area contributed by atoms with Gasteiger partial charge in [0.1, 0.15) is 11.5 Å². The summed E-state index contributed by atoms with van der Waals surface area (Å²) in [6, 6.07) is 17.0. The number of thiophene rings is 1. The summed E-state index contributed by atoms with van der Waals surface area (Å²) in [5, 5.41) is 11.4. The van der Waals surface area contributed by atoms with Crippen LogP contribution in [-0.4, -0.2) is 28.2 Å². The number of hydrogen-bond acceptors (Lipinski definition) is 6. The molecule has 0 bridgehead atoms. The van der Waals surface area contributed by atoms with Gasteiger partial charge in [-0.25, -0.2) is 4.99 Å². The minimum atomic E-state index is -0.312. The van der Waals surface area contributed by atoms with E-state index in [0.29, 0.717) is 37.3 Å². The average Bonchev–Trinajstić information content (AvgIpc) is 3.28. The molecule has 1 aliphatic carbocycles. The van der Waals surface area contributed by atoms with Crippen molar-refractivity contribution in [1.29, 1.82) is 0 Å². The molecule has 0 atom stereocenters. The molecule has 2 heterocycles. The van der Waals surface area contributed by atoms with Crippen molar-refractivity contribution in [2.75, 3.05) is 0 Å². The summed E-state index contributed by atoms with van der Waals surface area (Å²) in [6.45, 7) is 0. The molecule has 0 unspecified atom stereocenters. The van der Waals surface area contributed by atoms with E-state index in [1.807, 2.05) is 0 Å². The number of rotatable bonds is 1. The second kappa shape index (κ2) is 5.81. The zero-order valence-corrected chi connectivity index (χ0v) is 16.1. The van der Waals surface area contributed by atoms with Gasteiger partial charge in [0.2, 0.25) is 5.78 Å². The maximum absolute atomic E-state index is 13.2. The highest BCUT2D eigenvalue weighted by atomic mass is 32.1. The van der Waals surface area contributed by atoms with Crippen LogP contribution < -0.4 is 0 Å². The van der Waals surface area contributed by atoms with Crippen LogP contribution in [0.25, 0.3) is 10.1 Å². The van der Waals surface area contributed by atoms with Crippen molar-refractivity contribution in [3.05, 3.63) is 93.4 Å². The predicted octanol–water partition coefficient (Wildman–Crippen LogP) is 4.70. The summed E-state index contributed by atoms with van der Waals surface area (Å²) in [5.41, 5.74) is 2.29. The normalized spacial score (nSPS) is 14.5. The third kappa shape index (κ3) is 2.06. The van der Waals surface area contributed by atoms with Gasteiger partial charge in [-0.3, -0.25) is 14.4 Å². The molecule has 5 nitrogen and oxygen atoms in total. The minimum Gasteiger partial charge on any atom is -0.506 e. The molecule has 0 radical (unpaired) electrons. The van der Waals surface area contributed by atoms with Gasteiger partial charge in [0.05, 0.1) is 10.6 Å². The fourth-order valence-corrected chi connectivity index (χ4v) is 5.23. The first-order valence-electron chi connectivity index (χ1n) is 9.26. The SMILES string of the molecule is O=C1C(c2sc3ccc4c(c3c2O)C(=O)c2ccccc2C4=O)=Nc2ccccc21. The quantitative estimate of drug-likeness (QED) is 0.435. The Morgan fingerprint density at radius 3 is 2.10 bits per heavy atom. The molecule has 0 saturated carbocycles. The van der Waals surface area contributed by atoms with Gasteiger partial charge in [-0.15, -0.1) is 11.3 Å². The highest BCUT2D eigenvalue weighted by Gasteiger charge is 2.35. The summed E-state index contributed by atoms with van der Waals surface area (Å²) in [4.78, 5) is 43.8. The number of fused-ring (bicyclic) bond motifs is 5. The van der Waals surface area contributed by atoms with E-state index in [-0.39, 0.29) is 39.9 Å². The van der Waals surface area contributed by atoms with Crippen molar-refractivity contribution in [3.63, 3.8) is 0 Å². The lowest BCUT2D eigenvalue weighted by Gasteiger charge is -2.18. The van der Waals surface area contributed by atoms with Gasteiger partial charge < -0.3 is 5.11 Å². The molecule has 0 saturated heterocycles. The van der Waals surface area contributed by atoms with E-state index < -0.39 is 0 Å². The Hall–Kier alpha value is -3.90. The number of carbonyl (C=O) groups excluding carboxylic acids is 3. The third-order valence-electron chi connectivity index (χ3n) is 5.53. The zero-order chi connectivity index (χ0) is 20.6. The number of carbonyl (C=O) groups is 3. The number of para-hydroxylation sites is 1. The van der Waals surface area contributed by atoms with Crippen LogP contribution in [-0.2, 0) is 0 Å². The van der Waals surface area contributed by atoms with Gasteiger partial charge >= 0.3 is 0 Å². The fourth-order valence-electron chi connectivity index (χ4n) is 4.14. The molecular weight excluding hydrogens is 398 g/mol. The van der Waals surface area contributed by atoms with Gasteiger partial charge in [-0.1, -0.05) is 36.4 Å². The highest BCUT2D eigenvalue weighted by molar-refractivity contribution is 7.22. The lowest BCUT2D eigenvalue weighted by Crippen LogP contribution is -2.20. The molecular formula is C24H11NO4S. The lowest BCUT2D eigenvalue weighted by molar-refractivity contribution is 0.0980. The Labute approximate surface area is 173 Å². The summed E-state index contributed by atoms with van der Waals surface area (Å²) in [6.07, 6.45) is 0.